The number of carbonyl (C=O) groups excluding carboxylic acids is 1. The van der Waals surface area contributed by atoms with Gasteiger partial charge in [0, 0.05) is 13.1 Å². The van der Waals surface area contributed by atoms with Gasteiger partial charge in [-0.1, -0.05) is 12.1 Å². The molecular weight excluding hydrogens is 399 g/mol. The second-order valence-electron chi connectivity index (χ2n) is 6.63. The van der Waals surface area contributed by atoms with Crippen LogP contribution in [0, 0.1) is 5.82 Å². The normalized spacial score (nSPS) is 16.2. The van der Waals surface area contributed by atoms with Gasteiger partial charge in [-0.25, -0.2) is 12.8 Å². The smallest absolute Gasteiger partial charge is 0.255 e. The van der Waals surface area contributed by atoms with Crippen LogP contribution in [-0.4, -0.2) is 52.0 Å². The van der Waals surface area contributed by atoms with E-state index in [1.807, 2.05) is 0 Å². The first-order valence-corrected chi connectivity index (χ1v) is 10.6. The summed E-state index contributed by atoms with van der Waals surface area (Å²) in [5.74, 6) is -0.595. The second-order valence-corrected chi connectivity index (χ2v) is 8.56. The Morgan fingerprint density at radius 1 is 1.17 bits per heavy atom. The number of halogens is 1. The number of ether oxygens (including phenoxy) is 2. The molecule has 1 amide bonds. The van der Waals surface area contributed by atoms with Crippen LogP contribution in [0.25, 0.3) is 0 Å². The lowest BCUT2D eigenvalue weighted by atomic mass is 10.1. The van der Waals surface area contributed by atoms with Gasteiger partial charge in [0.15, 0.2) is 0 Å². The maximum atomic E-state index is 13.1. The number of benzene rings is 2. The van der Waals surface area contributed by atoms with Crippen molar-refractivity contribution in [2.45, 2.75) is 17.9 Å². The molecule has 1 N–H and O–H groups in total. The van der Waals surface area contributed by atoms with E-state index in [1.54, 1.807) is 19.1 Å². The van der Waals surface area contributed by atoms with E-state index < -0.39 is 22.0 Å². The number of morpholine rings is 1. The van der Waals surface area contributed by atoms with Crippen LogP contribution in [0.5, 0.6) is 5.75 Å². The molecule has 9 heteroatoms. The van der Waals surface area contributed by atoms with Crippen molar-refractivity contribution in [3.8, 4) is 5.75 Å². The first-order valence-electron chi connectivity index (χ1n) is 9.15. The molecule has 2 aromatic rings. The molecule has 3 rings (SSSR count). The molecule has 0 spiro atoms. The second kappa shape index (κ2) is 8.89. The van der Waals surface area contributed by atoms with E-state index in [0.29, 0.717) is 13.2 Å². The molecule has 1 aliphatic rings. The topological polar surface area (TPSA) is 84.9 Å². The van der Waals surface area contributed by atoms with Gasteiger partial charge in [-0.3, -0.25) is 4.79 Å². The van der Waals surface area contributed by atoms with Crippen LogP contribution >= 0.6 is 0 Å². The van der Waals surface area contributed by atoms with Gasteiger partial charge in [0.05, 0.1) is 36.8 Å². The number of nitrogens with one attached hydrogen (secondary N) is 1. The van der Waals surface area contributed by atoms with Crippen LogP contribution in [0.1, 0.15) is 28.9 Å². The maximum Gasteiger partial charge on any atom is 0.255 e. The van der Waals surface area contributed by atoms with Crippen LogP contribution in [-0.2, 0) is 14.8 Å². The van der Waals surface area contributed by atoms with E-state index >= 15 is 0 Å². The summed E-state index contributed by atoms with van der Waals surface area (Å²) in [5, 5.41) is 2.80. The Hall–Kier alpha value is -2.49. The molecule has 0 unspecified atom stereocenters. The number of sulfonamides is 1. The van der Waals surface area contributed by atoms with Gasteiger partial charge in [0.1, 0.15) is 11.6 Å². The molecule has 1 saturated heterocycles. The number of rotatable bonds is 6. The minimum Gasteiger partial charge on any atom is -0.496 e. The van der Waals surface area contributed by atoms with Crippen LogP contribution in [0.2, 0.25) is 0 Å². The van der Waals surface area contributed by atoms with Crippen molar-refractivity contribution in [1.29, 1.82) is 0 Å². The number of carbonyl (C=O) groups is 1. The number of hydrogen-bond donors (Lipinski definition) is 1. The van der Waals surface area contributed by atoms with Gasteiger partial charge >= 0.3 is 0 Å². The Morgan fingerprint density at radius 3 is 2.45 bits per heavy atom. The van der Waals surface area contributed by atoms with Crippen molar-refractivity contribution in [3.63, 3.8) is 0 Å². The monoisotopic (exact) mass is 422 g/mol. The molecular formula is C20H23FN2O5S. The van der Waals surface area contributed by atoms with Crippen molar-refractivity contribution < 1.29 is 27.1 Å². The third kappa shape index (κ3) is 4.75. The predicted molar refractivity (Wildman–Crippen MR) is 105 cm³/mol. The Morgan fingerprint density at radius 2 is 1.83 bits per heavy atom. The third-order valence-electron chi connectivity index (χ3n) is 4.74. The predicted octanol–water partition coefficient (Wildman–Crippen LogP) is 2.35. The van der Waals surface area contributed by atoms with Gasteiger partial charge < -0.3 is 14.8 Å². The SMILES string of the molecule is COc1ccc(S(=O)(=O)N2CCOCC2)cc1C(=O)N[C@H](C)c1ccc(F)cc1. The Balaban J connectivity index is 1.86. The summed E-state index contributed by atoms with van der Waals surface area (Å²) >= 11 is 0. The highest BCUT2D eigenvalue weighted by Gasteiger charge is 2.28. The lowest BCUT2D eigenvalue weighted by molar-refractivity contribution is 0.0730. The zero-order valence-electron chi connectivity index (χ0n) is 16.2. The number of methoxy groups -OCH3 is 1. The minimum atomic E-state index is -3.75. The molecule has 1 atom stereocenters. The Labute approximate surface area is 169 Å². The van der Waals surface area contributed by atoms with Crippen molar-refractivity contribution in [2.24, 2.45) is 0 Å². The summed E-state index contributed by atoms with van der Waals surface area (Å²) in [5.41, 5.74) is 0.826. The fourth-order valence-electron chi connectivity index (χ4n) is 3.07. The molecule has 1 fully saturated rings. The summed E-state index contributed by atoms with van der Waals surface area (Å²) < 4.78 is 50.7. The van der Waals surface area contributed by atoms with E-state index in [2.05, 4.69) is 5.32 Å². The van der Waals surface area contributed by atoms with Crippen LogP contribution in [0.3, 0.4) is 0 Å². The summed E-state index contributed by atoms with van der Waals surface area (Å²) in [4.78, 5) is 12.9. The Kier molecular flexibility index (Phi) is 6.51. The van der Waals surface area contributed by atoms with Gasteiger partial charge in [0.25, 0.3) is 5.91 Å². The lowest BCUT2D eigenvalue weighted by Crippen LogP contribution is -2.40. The van der Waals surface area contributed by atoms with Gasteiger partial charge in [-0.05, 0) is 42.8 Å². The van der Waals surface area contributed by atoms with Crippen LogP contribution in [0.15, 0.2) is 47.4 Å². The maximum absolute atomic E-state index is 13.1. The molecule has 0 bridgehead atoms. The van der Waals surface area contributed by atoms with Crippen molar-refractivity contribution in [1.82, 2.24) is 9.62 Å². The van der Waals surface area contributed by atoms with Crippen molar-refractivity contribution >= 4 is 15.9 Å². The van der Waals surface area contributed by atoms with Gasteiger partial charge in [-0.15, -0.1) is 0 Å². The van der Waals surface area contributed by atoms with E-state index in [-0.39, 0.29) is 35.1 Å². The highest BCUT2D eigenvalue weighted by atomic mass is 32.2. The molecule has 156 valence electrons. The average Bonchev–Trinajstić information content (AvgIpc) is 2.74. The van der Waals surface area contributed by atoms with E-state index in [1.165, 1.54) is 41.7 Å². The number of amides is 1. The molecule has 0 radical (unpaired) electrons. The fraction of sp³-hybridized carbons (Fsp3) is 0.350. The van der Waals surface area contributed by atoms with Crippen LogP contribution in [0.4, 0.5) is 4.39 Å². The quantitative estimate of drug-likeness (QED) is 0.773. The largest absolute Gasteiger partial charge is 0.496 e. The molecule has 2 aromatic carbocycles. The summed E-state index contributed by atoms with van der Waals surface area (Å²) in [7, 11) is -2.34. The van der Waals surface area contributed by atoms with E-state index in [4.69, 9.17) is 9.47 Å². The Bertz CT molecular complexity index is 973. The van der Waals surface area contributed by atoms with Gasteiger partial charge in [0.2, 0.25) is 10.0 Å². The molecule has 29 heavy (non-hydrogen) atoms. The van der Waals surface area contributed by atoms with Gasteiger partial charge in [-0.2, -0.15) is 4.31 Å². The highest BCUT2D eigenvalue weighted by molar-refractivity contribution is 7.89. The highest BCUT2D eigenvalue weighted by Crippen LogP contribution is 2.26. The number of hydrogen-bond acceptors (Lipinski definition) is 5. The number of nitrogens with zero attached hydrogens (tertiary/aromatic N) is 1. The third-order valence-corrected chi connectivity index (χ3v) is 6.64. The zero-order valence-corrected chi connectivity index (χ0v) is 17.0. The van der Waals surface area contributed by atoms with Crippen LogP contribution < -0.4 is 10.1 Å². The first kappa shape index (κ1) is 21.2. The molecule has 0 saturated carbocycles. The molecule has 0 aliphatic carbocycles. The summed E-state index contributed by atoms with van der Waals surface area (Å²) in [6, 6.07) is 9.58. The zero-order chi connectivity index (χ0) is 21.0. The molecule has 0 aromatic heterocycles. The summed E-state index contributed by atoms with van der Waals surface area (Å²) in [6.07, 6.45) is 0. The lowest BCUT2D eigenvalue weighted by Gasteiger charge is -2.26. The standard InChI is InChI=1S/C20H23FN2O5S/c1-14(15-3-5-16(21)6-4-15)22-20(24)18-13-17(7-8-19(18)27-2)29(25,26)23-9-11-28-12-10-23/h3-8,13-14H,9-12H2,1-2H3,(H,22,24)/t14-/m1/s1. The van der Waals surface area contributed by atoms with E-state index in [0.717, 1.165) is 5.56 Å². The minimum absolute atomic E-state index is 0.0137. The average molecular weight is 422 g/mol. The van der Waals surface area contributed by atoms with Crippen molar-refractivity contribution in [2.75, 3.05) is 33.4 Å². The fourth-order valence-corrected chi connectivity index (χ4v) is 4.50. The summed E-state index contributed by atoms with van der Waals surface area (Å²) in [6.45, 7) is 2.94. The first-order chi connectivity index (χ1) is 13.8. The molecule has 7 nitrogen and oxygen atoms in total. The molecule has 1 heterocycles. The molecule has 1 aliphatic heterocycles. The van der Waals surface area contributed by atoms with E-state index in [9.17, 15) is 17.6 Å². The van der Waals surface area contributed by atoms with Crippen molar-refractivity contribution in [3.05, 3.63) is 59.4 Å².